The lowest BCUT2D eigenvalue weighted by Crippen LogP contribution is -2.18. The number of hydrogen-bond acceptors (Lipinski definition) is 4. The SMILES string of the molecule is COc1ccc(-c2ccc(C)c(NC(=O)C(C)C)c2)nn1. The van der Waals surface area contributed by atoms with Gasteiger partial charge >= 0.3 is 0 Å². The summed E-state index contributed by atoms with van der Waals surface area (Å²) in [6.45, 7) is 5.69. The summed E-state index contributed by atoms with van der Waals surface area (Å²) in [6.07, 6.45) is 0. The number of amides is 1. The lowest BCUT2D eigenvalue weighted by molar-refractivity contribution is -0.118. The van der Waals surface area contributed by atoms with Gasteiger partial charge in [-0.3, -0.25) is 4.79 Å². The van der Waals surface area contributed by atoms with E-state index in [4.69, 9.17) is 4.74 Å². The van der Waals surface area contributed by atoms with Crippen molar-refractivity contribution < 1.29 is 9.53 Å². The van der Waals surface area contributed by atoms with Crippen molar-refractivity contribution in [3.63, 3.8) is 0 Å². The molecule has 1 aromatic carbocycles. The molecule has 2 aromatic rings. The number of aromatic nitrogens is 2. The number of aryl methyl sites for hydroxylation is 1. The van der Waals surface area contributed by atoms with Crippen molar-refractivity contribution in [3.8, 4) is 17.1 Å². The van der Waals surface area contributed by atoms with Crippen LogP contribution in [0.3, 0.4) is 0 Å². The van der Waals surface area contributed by atoms with Crippen molar-refractivity contribution in [3.05, 3.63) is 35.9 Å². The predicted octanol–water partition coefficient (Wildman–Crippen LogP) is 3.06. The summed E-state index contributed by atoms with van der Waals surface area (Å²) in [5.74, 6) is 0.407. The second-order valence-corrected chi connectivity index (χ2v) is 5.13. The molecule has 2 rings (SSSR count). The van der Waals surface area contributed by atoms with E-state index < -0.39 is 0 Å². The molecule has 0 unspecified atom stereocenters. The zero-order valence-electron chi connectivity index (χ0n) is 12.7. The summed E-state index contributed by atoms with van der Waals surface area (Å²) < 4.78 is 5.00. The molecule has 0 bridgehead atoms. The first-order chi connectivity index (χ1) is 10.0. The fourth-order valence-electron chi connectivity index (χ4n) is 1.78. The Labute approximate surface area is 124 Å². The van der Waals surface area contributed by atoms with E-state index in [0.717, 1.165) is 22.5 Å². The quantitative estimate of drug-likeness (QED) is 0.937. The Kier molecular flexibility index (Phi) is 4.52. The number of ether oxygens (including phenoxy) is 1. The summed E-state index contributed by atoms with van der Waals surface area (Å²) in [7, 11) is 1.55. The number of benzene rings is 1. The van der Waals surface area contributed by atoms with Crippen LogP contribution in [0, 0.1) is 12.8 Å². The average Bonchev–Trinajstić information content (AvgIpc) is 2.49. The number of rotatable bonds is 4. The first kappa shape index (κ1) is 15.0. The highest BCUT2D eigenvalue weighted by Crippen LogP contribution is 2.24. The minimum Gasteiger partial charge on any atom is -0.480 e. The second kappa shape index (κ2) is 6.35. The summed E-state index contributed by atoms with van der Waals surface area (Å²) >= 11 is 0. The largest absolute Gasteiger partial charge is 0.480 e. The van der Waals surface area contributed by atoms with Crippen LogP contribution in [0.25, 0.3) is 11.3 Å². The second-order valence-electron chi connectivity index (χ2n) is 5.13. The van der Waals surface area contributed by atoms with E-state index in [1.54, 1.807) is 13.2 Å². The molecule has 1 heterocycles. The first-order valence-corrected chi connectivity index (χ1v) is 6.81. The minimum absolute atomic E-state index is 0.00364. The molecule has 0 aliphatic heterocycles. The summed E-state index contributed by atoms with van der Waals surface area (Å²) in [6, 6.07) is 9.42. The van der Waals surface area contributed by atoms with Crippen LogP contribution in [-0.4, -0.2) is 23.2 Å². The fraction of sp³-hybridized carbons (Fsp3) is 0.312. The van der Waals surface area contributed by atoms with Gasteiger partial charge in [-0.2, -0.15) is 0 Å². The van der Waals surface area contributed by atoms with Crippen molar-refractivity contribution in [1.29, 1.82) is 0 Å². The molecule has 0 aliphatic rings. The molecule has 1 N–H and O–H groups in total. The Morgan fingerprint density at radius 1 is 1.19 bits per heavy atom. The van der Waals surface area contributed by atoms with Gasteiger partial charge in [0.05, 0.1) is 12.8 Å². The minimum atomic E-state index is -0.0613. The number of carbonyl (C=O) groups is 1. The van der Waals surface area contributed by atoms with E-state index in [-0.39, 0.29) is 11.8 Å². The van der Waals surface area contributed by atoms with Crippen LogP contribution >= 0.6 is 0 Å². The van der Waals surface area contributed by atoms with E-state index in [9.17, 15) is 4.79 Å². The van der Waals surface area contributed by atoms with Gasteiger partial charge in [-0.1, -0.05) is 26.0 Å². The fourth-order valence-corrected chi connectivity index (χ4v) is 1.78. The van der Waals surface area contributed by atoms with Crippen LogP contribution < -0.4 is 10.1 Å². The Morgan fingerprint density at radius 3 is 2.52 bits per heavy atom. The Hall–Kier alpha value is -2.43. The molecule has 0 atom stereocenters. The number of carbonyl (C=O) groups excluding carboxylic acids is 1. The molecule has 0 saturated carbocycles. The third-order valence-electron chi connectivity index (χ3n) is 3.16. The molecule has 0 aliphatic carbocycles. The van der Waals surface area contributed by atoms with E-state index in [0.29, 0.717) is 5.88 Å². The number of hydrogen-bond donors (Lipinski definition) is 1. The van der Waals surface area contributed by atoms with Crippen LogP contribution in [0.5, 0.6) is 5.88 Å². The Morgan fingerprint density at radius 2 is 1.95 bits per heavy atom. The zero-order valence-corrected chi connectivity index (χ0v) is 12.7. The molecule has 21 heavy (non-hydrogen) atoms. The molecule has 0 spiro atoms. The van der Waals surface area contributed by atoms with Crippen molar-refractivity contribution in [1.82, 2.24) is 10.2 Å². The van der Waals surface area contributed by atoms with Crippen LogP contribution in [0.1, 0.15) is 19.4 Å². The highest BCUT2D eigenvalue weighted by molar-refractivity contribution is 5.93. The molecular weight excluding hydrogens is 266 g/mol. The van der Waals surface area contributed by atoms with Gasteiger partial charge in [0.2, 0.25) is 11.8 Å². The molecule has 0 radical (unpaired) electrons. The molecule has 1 amide bonds. The van der Waals surface area contributed by atoms with Crippen LogP contribution in [0.2, 0.25) is 0 Å². The summed E-state index contributed by atoms with van der Waals surface area (Å²) in [5.41, 5.74) is 3.43. The van der Waals surface area contributed by atoms with Crippen molar-refractivity contribution >= 4 is 11.6 Å². The van der Waals surface area contributed by atoms with Gasteiger partial charge in [0.25, 0.3) is 0 Å². The number of nitrogens with one attached hydrogen (secondary N) is 1. The van der Waals surface area contributed by atoms with E-state index in [1.165, 1.54) is 0 Å². The van der Waals surface area contributed by atoms with Gasteiger partial charge in [0.1, 0.15) is 0 Å². The van der Waals surface area contributed by atoms with Crippen LogP contribution in [0.15, 0.2) is 30.3 Å². The topological polar surface area (TPSA) is 64.1 Å². The predicted molar refractivity (Wildman–Crippen MR) is 82.2 cm³/mol. The lowest BCUT2D eigenvalue weighted by Gasteiger charge is -2.12. The van der Waals surface area contributed by atoms with E-state index in [1.807, 2.05) is 45.0 Å². The third-order valence-corrected chi connectivity index (χ3v) is 3.16. The summed E-state index contributed by atoms with van der Waals surface area (Å²) in [5, 5.41) is 11.0. The maximum Gasteiger partial charge on any atom is 0.233 e. The smallest absolute Gasteiger partial charge is 0.233 e. The molecule has 0 fully saturated rings. The molecule has 5 nitrogen and oxygen atoms in total. The Balaban J connectivity index is 2.30. The van der Waals surface area contributed by atoms with Crippen LogP contribution in [-0.2, 0) is 4.79 Å². The highest BCUT2D eigenvalue weighted by Gasteiger charge is 2.10. The third kappa shape index (κ3) is 3.56. The average molecular weight is 285 g/mol. The Bertz CT molecular complexity index is 636. The van der Waals surface area contributed by atoms with Gasteiger partial charge in [-0.05, 0) is 24.6 Å². The normalized spacial score (nSPS) is 10.5. The van der Waals surface area contributed by atoms with Crippen molar-refractivity contribution in [2.75, 3.05) is 12.4 Å². The zero-order chi connectivity index (χ0) is 15.4. The standard InChI is InChI=1S/C16H19N3O2/c1-10(2)16(20)17-14-9-12(6-5-11(14)3)13-7-8-15(21-4)19-18-13/h5-10H,1-4H3,(H,17,20). The molecule has 110 valence electrons. The number of nitrogens with zero attached hydrogens (tertiary/aromatic N) is 2. The molecule has 0 saturated heterocycles. The molecular formula is C16H19N3O2. The first-order valence-electron chi connectivity index (χ1n) is 6.81. The van der Waals surface area contributed by atoms with Crippen molar-refractivity contribution in [2.24, 2.45) is 5.92 Å². The number of methoxy groups -OCH3 is 1. The maximum absolute atomic E-state index is 11.8. The molecule has 5 heteroatoms. The van der Waals surface area contributed by atoms with Gasteiger partial charge in [-0.15, -0.1) is 10.2 Å². The highest BCUT2D eigenvalue weighted by atomic mass is 16.5. The van der Waals surface area contributed by atoms with E-state index in [2.05, 4.69) is 15.5 Å². The summed E-state index contributed by atoms with van der Waals surface area (Å²) in [4.78, 5) is 11.8. The monoisotopic (exact) mass is 285 g/mol. The van der Waals surface area contributed by atoms with Crippen LogP contribution in [0.4, 0.5) is 5.69 Å². The maximum atomic E-state index is 11.8. The van der Waals surface area contributed by atoms with Gasteiger partial charge in [0.15, 0.2) is 0 Å². The van der Waals surface area contributed by atoms with Gasteiger partial charge in [-0.25, -0.2) is 0 Å². The van der Waals surface area contributed by atoms with E-state index >= 15 is 0 Å². The number of anilines is 1. The lowest BCUT2D eigenvalue weighted by atomic mass is 10.1. The molecule has 1 aromatic heterocycles. The van der Waals surface area contributed by atoms with Crippen molar-refractivity contribution in [2.45, 2.75) is 20.8 Å². The van der Waals surface area contributed by atoms with Gasteiger partial charge < -0.3 is 10.1 Å². The van der Waals surface area contributed by atoms with Gasteiger partial charge in [0, 0.05) is 23.2 Å².